The van der Waals surface area contributed by atoms with Gasteiger partial charge in [0.15, 0.2) is 6.10 Å². The Balaban J connectivity index is 4.69. The predicted molar refractivity (Wildman–Crippen MR) is 371 cm³/mol. The monoisotopic (exact) mass is 1310 g/mol. The zero-order valence-corrected chi connectivity index (χ0v) is 57.7. The fourth-order valence-corrected chi connectivity index (χ4v) is 9.91. The SMILES string of the molecule is CC/C=C\C/C=C\C/C=C\C/C=C\C/C=C\C/C=C\CCC(=O)OCC(COP(=O)(O)OCC(O)COP(=O)(O)OCC(O)COC(=O)CCCCCCCCC/C=C\C/C=C\C/C=C\C/C=C\CCCCC)OC(=O)CCCCCCC/C=C\C/C=C\CCC. The van der Waals surface area contributed by atoms with Crippen LogP contribution in [0.25, 0.3) is 0 Å². The summed E-state index contributed by atoms with van der Waals surface area (Å²) in [4.78, 5) is 58.3. The molecule has 0 saturated carbocycles. The normalized spacial score (nSPS) is 15.1. The highest BCUT2D eigenvalue weighted by atomic mass is 31.2. The molecule has 0 aromatic rings. The average Bonchev–Trinajstić information content (AvgIpc) is 3.74. The Kier molecular flexibility index (Phi) is 62.2. The minimum absolute atomic E-state index is 0.0369. The van der Waals surface area contributed by atoms with E-state index < -0.39 is 91.5 Å². The molecule has 0 aliphatic heterocycles. The molecule has 0 aliphatic rings. The molecule has 0 spiro atoms. The van der Waals surface area contributed by atoms with Crippen molar-refractivity contribution in [3.05, 3.63) is 146 Å². The Morgan fingerprint density at radius 3 is 1.03 bits per heavy atom. The number of carbonyl (C=O) groups excluding carboxylic acids is 3. The van der Waals surface area contributed by atoms with Crippen LogP contribution in [-0.2, 0) is 55.8 Å². The van der Waals surface area contributed by atoms with Crippen molar-refractivity contribution in [3.8, 4) is 0 Å². The number of ether oxygens (including phenoxy) is 3. The minimum Gasteiger partial charge on any atom is -0.463 e. The number of allylic oxidation sites excluding steroid dienone is 24. The topological polar surface area (TPSA) is 231 Å². The molecule has 0 radical (unpaired) electrons. The zero-order chi connectivity index (χ0) is 66.7. The summed E-state index contributed by atoms with van der Waals surface area (Å²) in [5, 5.41) is 20.5. The van der Waals surface area contributed by atoms with Crippen LogP contribution in [0.15, 0.2) is 146 Å². The molecule has 0 bridgehead atoms. The quantitative estimate of drug-likeness (QED) is 0.0146. The molecule has 0 saturated heterocycles. The average molecular weight is 1320 g/mol. The van der Waals surface area contributed by atoms with E-state index in [0.717, 1.165) is 148 Å². The maximum Gasteiger partial charge on any atom is 0.472 e. The first-order valence-electron chi connectivity index (χ1n) is 34.1. The van der Waals surface area contributed by atoms with Gasteiger partial charge < -0.3 is 34.2 Å². The van der Waals surface area contributed by atoms with Gasteiger partial charge in [-0.3, -0.25) is 32.5 Å². The van der Waals surface area contributed by atoms with Crippen LogP contribution in [0, 0.1) is 0 Å². The van der Waals surface area contributed by atoms with Crippen molar-refractivity contribution in [2.75, 3.05) is 39.6 Å². The number of aliphatic hydroxyl groups is 2. The maximum absolute atomic E-state index is 12.9. The summed E-state index contributed by atoms with van der Waals surface area (Å²) in [6.45, 7) is 2.31. The third-order valence-corrected chi connectivity index (χ3v) is 15.4. The maximum atomic E-state index is 12.9. The summed E-state index contributed by atoms with van der Waals surface area (Å²) in [5.41, 5.74) is 0. The fraction of sp³-hybridized carbons (Fsp3) is 0.630. The molecule has 518 valence electrons. The summed E-state index contributed by atoms with van der Waals surface area (Å²) in [7, 11) is -9.81. The summed E-state index contributed by atoms with van der Waals surface area (Å²) < 4.78 is 60.7. The molecule has 0 fully saturated rings. The van der Waals surface area contributed by atoms with Gasteiger partial charge in [-0.2, -0.15) is 0 Å². The summed E-state index contributed by atoms with van der Waals surface area (Å²) >= 11 is 0. The van der Waals surface area contributed by atoms with Crippen LogP contribution >= 0.6 is 15.6 Å². The van der Waals surface area contributed by atoms with E-state index in [4.69, 9.17) is 32.3 Å². The Morgan fingerprint density at radius 2 is 0.626 bits per heavy atom. The summed E-state index contributed by atoms with van der Waals surface area (Å²) in [6, 6.07) is 0. The van der Waals surface area contributed by atoms with E-state index in [9.17, 15) is 43.5 Å². The standard InChI is InChI=1S/C73H120O16P2/c1-4-7-10-13-16-19-22-25-27-29-31-32-33-34-36-38-39-42-44-47-50-53-56-59-71(76)83-62-68(74)63-85-90(79,80)86-64-69(75)65-87-91(81,82)88-67-70(89-73(78)61-58-55-52-49-46-41-24-21-18-15-12-9-6-3)66-84-72(77)60-57-54-51-48-45-43-40-37-35-30-28-26-23-20-17-14-11-8-5-2/h8,11-12,15-17,19-21,24-28,31-32,34-37,43,45,51,54,68-70,74-75H,4-7,9-10,13-14,18,22-23,29-30,33,38-42,44,46-50,52-53,55-67H2,1-3H3,(H,79,80)(H,81,82)/b11-8-,15-12-,19-16-,20-17-,24-21-,27-25-,28-26-,32-31-,36-34-,37-35-,45-43-,54-51-. The van der Waals surface area contributed by atoms with Gasteiger partial charge in [-0.1, -0.05) is 237 Å². The molecule has 4 N–H and O–H groups in total. The van der Waals surface area contributed by atoms with E-state index in [1.54, 1.807) is 0 Å². The molecule has 18 heteroatoms. The number of aliphatic hydroxyl groups excluding tert-OH is 2. The number of phosphoric acid groups is 2. The van der Waals surface area contributed by atoms with Gasteiger partial charge >= 0.3 is 33.6 Å². The molecule has 0 aromatic heterocycles. The lowest BCUT2D eigenvalue weighted by Gasteiger charge is -2.21. The molecule has 91 heavy (non-hydrogen) atoms. The van der Waals surface area contributed by atoms with Crippen LogP contribution < -0.4 is 0 Å². The molecule has 0 aliphatic carbocycles. The lowest BCUT2D eigenvalue weighted by atomic mass is 10.1. The highest BCUT2D eigenvalue weighted by Gasteiger charge is 2.29. The van der Waals surface area contributed by atoms with Crippen molar-refractivity contribution in [1.82, 2.24) is 0 Å². The van der Waals surface area contributed by atoms with Crippen LogP contribution in [0.3, 0.4) is 0 Å². The van der Waals surface area contributed by atoms with Crippen molar-refractivity contribution in [1.29, 1.82) is 0 Å². The first kappa shape index (κ1) is 86.4. The van der Waals surface area contributed by atoms with Gasteiger partial charge in [0.25, 0.3) is 0 Å². The van der Waals surface area contributed by atoms with Gasteiger partial charge in [0, 0.05) is 19.3 Å². The summed E-state index contributed by atoms with van der Waals surface area (Å²) in [5.74, 6) is -1.71. The van der Waals surface area contributed by atoms with Crippen LogP contribution in [0.5, 0.6) is 0 Å². The number of esters is 3. The van der Waals surface area contributed by atoms with Crippen LogP contribution in [0.2, 0.25) is 0 Å². The third kappa shape index (κ3) is 66.7. The minimum atomic E-state index is -4.95. The van der Waals surface area contributed by atoms with Gasteiger partial charge in [0.05, 0.1) is 26.4 Å². The van der Waals surface area contributed by atoms with Gasteiger partial charge in [0.2, 0.25) is 0 Å². The first-order valence-corrected chi connectivity index (χ1v) is 37.1. The molecular weight excluding hydrogens is 1190 g/mol. The van der Waals surface area contributed by atoms with Crippen molar-refractivity contribution in [2.45, 2.75) is 257 Å². The van der Waals surface area contributed by atoms with Gasteiger partial charge in [-0.15, -0.1) is 0 Å². The summed E-state index contributed by atoms with van der Waals surface area (Å²) in [6.07, 6.45) is 77.8. The van der Waals surface area contributed by atoms with Crippen molar-refractivity contribution in [3.63, 3.8) is 0 Å². The van der Waals surface area contributed by atoms with E-state index >= 15 is 0 Å². The van der Waals surface area contributed by atoms with E-state index in [0.29, 0.717) is 25.7 Å². The number of rotatable bonds is 63. The Labute approximate surface area is 549 Å². The Morgan fingerprint density at radius 1 is 0.319 bits per heavy atom. The molecule has 16 nitrogen and oxygen atoms in total. The predicted octanol–water partition coefficient (Wildman–Crippen LogP) is 19.0. The molecule has 0 rings (SSSR count). The number of phosphoric ester groups is 2. The van der Waals surface area contributed by atoms with E-state index in [-0.39, 0.29) is 19.3 Å². The smallest absolute Gasteiger partial charge is 0.463 e. The highest BCUT2D eigenvalue weighted by molar-refractivity contribution is 7.47. The van der Waals surface area contributed by atoms with Crippen molar-refractivity contribution >= 4 is 33.6 Å². The highest BCUT2D eigenvalue weighted by Crippen LogP contribution is 2.45. The Hall–Kier alpha value is -4.57. The molecule has 5 atom stereocenters. The van der Waals surface area contributed by atoms with Gasteiger partial charge in [-0.05, 0) is 128 Å². The molecular formula is C73H120O16P2. The lowest BCUT2D eigenvalue weighted by molar-refractivity contribution is -0.161. The number of hydrogen-bond acceptors (Lipinski definition) is 14. The molecule has 0 amide bonds. The van der Waals surface area contributed by atoms with Gasteiger partial charge in [0.1, 0.15) is 25.4 Å². The molecule has 5 unspecified atom stereocenters. The number of unbranched alkanes of at least 4 members (excludes halogenated alkanes) is 16. The molecule has 0 aromatic carbocycles. The second-order valence-corrected chi connectivity index (χ2v) is 25.1. The van der Waals surface area contributed by atoms with Crippen LogP contribution in [0.1, 0.15) is 239 Å². The van der Waals surface area contributed by atoms with Gasteiger partial charge in [-0.25, -0.2) is 9.13 Å². The van der Waals surface area contributed by atoms with E-state index in [1.165, 1.54) is 25.7 Å². The van der Waals surface area contributed by atoms with Crippen molar-refractivity contribution in [2.24, 2.45) is 0 Å². The lowest BCUT2D eigenvalue weighted by Crippen LogP contribution is -2.30. The first-order chi connectivity index (χ1) is 44.2. The Bertz CT molecular complexity index is 2240. The van der Waals surface area contributed by atoms with E-state index in [1.807, 2.05) is 18.2 Å². The fourth-order valence-electron chi connectivity index (χ4n) is 8.32. The van der Waals surface area contributed by atoms with Crippen LogP contribution in [0.4, 0.5) is 0 Å². The zero-order valence-electron chi connectivity index (χ0n) is 56.0. The largest absolute Gasteiger partial charge is 0.472 e. The second-order valence-electron chi connectivity index (χ2n) is 22.2. The number of hydrogen-bond donors (Lipinski definition) is 4. The second kappa shape index (κ2) is 65.5. The number of carbonyl (C=O) groups is 3. The van der Waals surface area contributed by atoms with Crippen molar-refractivity contribution < 1.29 is 75.8 Å². The van der Waals surface area contributed by atoms with Crippen LogP contribution in [-0.4, -0.2) is 95.9 Å². The molecule has 0 heterocycles. The third-order valence-electron chi connectivity index (χ3n) is 13.5. The van der Waals surface area contributed by atoms with E-state index in [2.05, 4.69) is 148 Å².